The molecular formula is C110H158BI6O26-3. The molecule has 13 fully saturated rings. The Morgan fingerprint density at radius 3 is 1.08 bits per heavy atom. The van der Waals surface area contributed by atoms with Crippen LogP contribution in [0.3, 0.4) is 0 Å². The van der Waals surface area contributed by atoms with Crippen molar-refractivity contribution >= 4 is 127 Å². The number of Topliss-reactive ketones (excluding diaryl/α,β-unsaturated/α-hetero) is 5. The fraction of sp³-hybridized carbons (Fsp3) is 0.773. The molecule has 20 rings (SSSR count). The average Bonchev–Trinajstić information content (AvgIpc) is 0.777. The molecule has 13 saturated carbocycles. The number of aliphatic hydroxyl groups is 6. The number of methoxy groups -OCH3 is 6. The fourth-order valence-electron chi connectivity index (χ4n) is 33.3. The second-order valence-electron chi connectivity index (χ2n) is 47.0. The number of esters is 3. The third-order valence-corrected chi connectivity index (χ3v) is 40.7. The Hall–Kier alpha value is -3.05. The number of ketones is 5. The van der Waals surface area contributed by atoms with Crippen molar-refractivity contribution < 1.29 is 179 Å². The zero-order chi connectivity index (χ0) is 105. The molecule has 0 aromatic carbocycles. The number of hydrogen-bond donors (Lipinski definition) is 6. The van der Waals surface area contributed by atoms with Crippen LogP contribution in [0.5, 0.6) is 0 Å². The number of rotatable bonds is 6. The second-order valence-corrected chi connectivity index (χ2v) is 56.9. The monoisotopic (exact) mass is 2670 g/mol. The van der Waals surface area contributed by atoms with Crippen molar-refractivity contribution in [3.8, 4) is 0 Å². The van der Waals surface area contributed by atoms with Crippen LogP contribution in [-0.4, -0.2) is 205 Å². The molecule has 3 unspecified atom stereocenters. The Kier molecular flexibility index (Phi) is 38.5. The molecule has 0 bridgehead atoms. The summed E-state index contributed by atoms with van der Waals surface area (Å²) in [5.41, 5.74) is 10.4. The maximum atomic E-state index is 12.8. The van der Waals surface area contributed by atoms with Crippen LogP contribution in [0.15, 0.2) is 81.5 Å². The van der Waals surface area contributed by atoms with E-state index in [1.807, 2.05) is 26.0 Å². The average molecular weight is 2670 g/mol. The standard InChI is InChI=1S/C23H32O7.C23H30O6.C22H32O5.C21H28O4.C19H28O4.CH3I2.CH4.BI2.HI2/c1-22-8-7-13(30-21(27)29-4)9-12(22)10-14(20(26)28-3)18-15-5-6-17(25)23(15,2)11-16(24)19(18)22;1-22-9-7-14(29-21(26)28-4)11-13(22)12-15(20(25)27-3)19-16-5-6-18(24)23(16,2)10-8-17(19)22;1-12-9-13-10-14(27-20(25)26-4)7-8-21(13,2)19-16(23)11-22(3)15(18(12)19)5-6-17(22)24;1-20-8-6-13(22)10-12(20)11-14(19(24)25-3)18-15-4-5-17(23)21(15,2)9-7-16(18)20;1-18-6-5-11(20)7-10(18)8-13(21)16-12-3-4-15(23)19(12,2)9-14(22)17(16)18;1-3-2;;1-3-2;1-2/h10,13-16,18-19,24H,5-9,11H2,1-4H3;8,12,14-16,19H,5-7,9-11H2,1-4H3;9,12,14-16,18-19,23H,5-8,10-11H2,1-4H3;7,11,13-15,18,22H,4-6,8-10H2,1-3H3;8,11-14,16-17,20-22H,3-7,9H2,1-2H3;1H3;1H4;;1H/q;;;;;-1;;2*-1/t13-,14+,15-,16+,18-,19?,22-,23-;14-,15+,16-,19-,22-,23-;12-,14-,15-,16+,18-,19?,21-,22-;13-,14+,15-,18-,20-,21-;11-,12-,13-,14+,16+,17?,18-,19-;;;;/m00000..../s1/i;;;;;;;;1D. The molecule has 2 radical (unpaired) electrons. The van der Waals surface area contributed by atoms with Crippen molar-refractivity contribution in [2.45, 2.75) is 331 Å². The van der Waals surface area contributed by atoms with Crippen LogP contribution >= 0.6 is 55.8 Å². The van der Waals surface area contributed by atoms with E-state index in [9.17, 15) is 83.4 Å². The van der Waals surface area contributed by atoms with E-state index in [-0.39, 0.29) is 217 Å². The van der Waals surface area contributed by atoms with Gasteiger partial charge >= 0.3 is 156 Å². The molecule has 20 aliphatic rings. The molecule has 26 nitrogen and oxygen atoms in total. The number of carbonyl (C=O) groups excluding carboxylic acids is 11. The molecule has 0 spiro atoms. The van der Waals surface area contributed by atoms with Crippen LogP contribution in [0.25, 0.3) is 0 Å². The first kappa shape index (κ1) is 117. The molecule has 0 saturated heterocycles. The first-order chi connectivity index (χ1) is 67.4. The predicted octanol–water partition coefficient (Wildman–Crippen LogP) is 9.76. The van der Waals surface area contributed by atoms with Crippen molar-refractivity contribution in [3.05, 3.63) is 81.5 Å². The Morgan fingerprint density at radius 1 is 0.399 bits per heavy atom. The molecule has 20 aliphatic carbocycles. The quantitative estimate of drug-likeness (QED) is 0.0359. The van der Waals surface area contributed by atoms with Gasteiger partial charge in [0.15, 0.2) is 0 Å². The van der Waals surface area contributed by atoms with Crippen molar-refractivity contribution in [1.29, 1.82) is 0.594 Å². The van der Waals surface area contributed by atoms with Crippen molar-refractivity contribution in [2.24, 2.45) is 155 Å². The molecule has 0 aliphatic heterocycles. The van der Waals surface area contributed by atoms with Gasteiger partial charge in [0, 0.05) is 101 Å². The van der Waals surface area contributed by atoms with E-state index in [0.717, 1.165) is 119 Å². The summed E-state index contributed by atoms with van der Waals surface area (Å²) in [5.74, 6) is 0.962. The third kappa shape index (κ3) is 21.7. The van der Waals surface area contributed by atoms with Crippen molar-refractivity contribution in [1.82, 2.24) is 0 Å². The Bertz CT molecular complexity index is 5030. The van der Waals surface area contributed by atoms with Gasteiger partial charge in [-0.1, -0.05) is 165 Å². The molecule has 0 aromatic rings. The summed E-state index contributed by atoms with van der Waals surface area (Å²) in [6.07, 6.45) is 30.5. The number of aliphatic hydroxyl groups excluding tert-OH is 6. The van der Waals surface area contributed by atoms with Crippen LogP contribution in [0.1, 0.15) is 276 Å². The molecule has 6 N–H and O–H groups in total. The van der Waals surface area contributed by atoms with Gasteiger partial charge in [-0.2, -0.15) is 0 Å². The number of carbonyl (C=O) groups is 11. The second kappa shape index (κ2) is 47.1. The molecule has 143 heavy (non-hydrogen) atoms. The number of fused-ring (bicyclic) bond motifs is 25. The van der Waals surface area contributed by atoms with E-state index in [1.54, 1.807) is 0 Å². The number of hydrogen-bond acceptors (Lipinski definition) is 26. The van der Waals surface area contributed by atoms with Gasteiger partial charge < -0.3 is 73.3 Å². The Morgan fingerprint density at radius 2 is 0.685 bits per heavy atom. The molecule has 802 valence electrons. The minimum atomic E-state index is -0.708. The van der Waals surface area contributed by atoms with Crippen LogP contribution < -0.4 is 52.7 Å². The number of alkyl halides is 1. The molecule has 0 amide bonds. The first-order valence-electron chi connectivity index (χ1n) is 51.8. The Labute approximate surface area is 911 Å². The minimum absolute atomic E-state index is 0. The van der Waals surface area contributed by atoms with Gasteiger partial charge in [-0.3, -0.25) is 38.4 Å². The Balaban J connectivity index is 0.000000157. The van der Waals surface area contributed by atoms with Crippen LogP contribution in [0, 0.1) is 155 Å². The van der Waals surface area contributed by atoms with Gasteiger partial charge in [-0.25, -0.2) is 14.4 Å². The SMILES string of the molecule is C.COC(=O)O[C@H]1CC[C@@]2(C)C(=C[C@@H](C(=O)OC)[C@@H]3C2=CC[C@]2(C)C(=O)CC[C@@H]32)C1.COC(=O)O[C@H]1CC[C@@]2(C)C(=C[C@@H](C(=O)OC)[C@@H]3C2[C@H](O)C[C@]2(C)C(=O)CC[C@@H]32)C1.COC(=O)O[C@H]1CC[C@@]2(C)C(=C[C@H](C)[C@@H]3C2[C@H](O)C[C@]2(C)C(=O)CC[C@@H]32)C1.COC(=O)[C@@H]1C=C2C[C@@H](O)CC[C@]2(C)C2=CC[C@]3(C)C(=O)CC[C@H]3[C@@H]21.C[C@]12CC[C@H](O)CC1=C[C@H](O)[C@@H]1C2[C@H](O)C[C@]2(C)C(=O)CC[C@@H]12.C[I-]I.[2H][I-]I.[B][I-]I. The van der Waals surface area contributed by atoms with Crippen molar-refractivity contribution in [3.63, 3.8) is 0 Å². The van der Waals surface area contributed by atoms with Crippen molar-refractivity contribution in [2.75, 3.05) is 47.6 Å². The zero-order valence-electron chi connectivity index (χ0n) is 87.0. The third-order valence-electron chi connectivity index (χ3n) is 40.7. The fourth-order valence-corrected chi connectivity index (χ4v) is 33.3. The summed E-state index contributed by atoms with van der Waals surface area (Å²) < 4.78 is 51.9. The van der Waals surface area contributed by atoms with E-state index in [4.69, 9.17) is 34.7 Å². The van der Waals surface area contributed by atoms with Gasteiger partial charge in [0.1, 0.15) is 47.2 Å². The summed E-state index contributed by atoms with van der Waals surface area (Å²) >= 11 is 7.07. The van der Waals surface area contributed by atoms with Gasteiger partial charge in [-0.05, 0) is 229 Å². The molecule has 33 heteroatoms. The van der Waals surface area contributed by atoms with Crippen LogP contribution in [-0.2, 0) is 81.0 Å². The summed E-state index contributed by atoms with van der Waals surface area (Å²) in [4.78, 5) is 138. The van der Waals surface area contributed by atoms with Crippen LogP contribution in [0.2, 0.25) is 0 Å². The van der Waals surface area contributed by atoms with E-state index < -0.39 is 65.5 Å². The molecule has 0 heterocycles. The topological polar surface area (TPSA) is 392 Å². The summed E-state index contributed by atoms with van der Waals surface area (Å²) in [5, 5.41) is 64.5. The van der Waals surface area contributed by atoms with Crippen LogP contribution in [0.4, 0.5) is 14.4 Å². The van der Waals surface area contributed by atoms with Gasteiger partial charge in [0.05, 0.1) is 97.0 Å². The van der Waals surface area contributed by atoms with Gasteiger partial charge in [0.25, 0.3) is 0 Å². The van der Waals surface area contributed by atoms with E-state index in [2.05, 4.69) is 168 Å². The molecular weight excluding hydrogens is 2510 g/mol. The zero-order valence-corrected chi connectivity index (χ0v) is 98.9. The van der Waals surface area contributed by atoms with E-state index in [0.29, 0.717) is 142 Å². The summed E-state index contributed by atoms with van der Waals surface area (Å²) in [6, 6.07) is 0. The van der Waals surface area contributed by atoms with Gasteiger partial charge in [0.2, 0.25) is 0 Å². The predicted molar refractivity (Wildman–Crippen MR) is 552 cm³/mol. The summed E-state index contributed by atoms with van der Waals surface area (Å²) in [6.45, 7) is 23.5. The van der Waals surface area contributed by atoms with E-state index in [1.165, 1.54) is 65.0 Å². The molecule has 0 aromatic heterocycles. The maximum absolute atomic E-state index is 12.8. The van der Waals surface area contributed by atoms with Gasteiger partial charge in [-0.15, -0.1) is 0 Å². The number of allylic oxidation sites excluding steroid dienone is 5. The first-order valence-corrected chi connectivity index (χ1v) is 73.7. The molecule has 36 atom stereocenters. The number of halogens is 6. The number of ether oxygens (including phenoxy) is 9. The van der Waals surface area contributed by atoms with E-state index >= 15 is 0 Å². The summed E-state index contributed by atoms with van der Waals surface area (Å²) in [7, 11) is 8.16. The normalized spacial score (nSPS) is 44.3.